The van der Waals surface area contributed by atoms with Crippen molar-refractivity contribution in [3.8, 4) is 0 Å². The molecular formula is C58H96O6. The van der Waals surface area contributed by atoms with Gasteiger partial charge >= 0.3 is 17.9 Å². The van der Waals surface area contributed by atoms with Gasteiger partial charge in [-0.2, -0.15) is 0 Å². The first kappa shape index (κ1) is 60.3. The Kier molecular flexibility index (Phi) is 49.0. The summed E-state index contributed by atoms with van der Waals surface area (Å²) >= 11 is 0. The number of allylic oxidation sites excluding steroid dienone is 16. The van der Waals surface area contributed by atoms with Crippen molar-refractivity contribution in [3.05, 3.63) is 97.2 Å². The van der Waals surface area contributed by atoms with E-state index in [1.165, 1.54) is 83.5 Å². The summed E-state index contributed by atoms with van der Waals surface area (Å²) in [4.78, 5) is 38.0. The molecule has 0 saturated carbocycles. The van der Waals surface area contributed by atoms with Crippen LogP contribution in [0.25, 0.3) is 0 Å². The van der Waals surface area contributed by atoms with Crippen molar-refractivity contribution in [2.45, 2.75) is 239 Å². The predicted octanol–water partition coefficient (Wildman–Crippen LogP) is 17.4. The second-order valence-electron chi connectivity index (χ2n) is 17.0. The number of hydrogen-bond acceptors (Lipinski definition) is 6. The number of carbonyl (C=O) groups excluding carboxylic acids is 3. The molecule has 0 N–H and O–H groups in total. The monoisotopic (exact) mass is 889 g/mol. The van der Waals surface area contributed by atoms with E-state index in [-0.39, 0.29) is 37.5 Å². The fourth-order valence-electron chi connectivity index (χ4n) is 6.84. The van der Waals surface area contributed by atoms with Crippen LogP contribution in [0.4, 0.5) is 0 Å². The Morgan fingerprint density at radius 1 is 0.328 bits per heavy atom. The Hall–Kier alpha value is -3.67. The lowest BCUT2D eigenvalue weighted by Gasteiger charge is -2.18. The van der Waals surface area contributed by atoms with E-state index in [9.17, 15) is 14.4 Å². The maximum Gasteiger partial charge on any atom is 0.306 e. The van der Waals surface area contributed by atoms with Crippen molar-refractivity contribution in [2.75, 3.05) is 13.2 Å². The molecular weight excluding hydrogens is 793 g/mol. The van der Waals surface area contributed by atoms with Gasteiger partial charge in [0.05, 0.1) is 0 Å². The summed E-state index contributed by atoms with van der Waals surface area (Å²) in [5.41, 5.74) is 0. The van der Waals surface area contributed by atoms with E-state index in [4.69, 9.17) is 14.2 Å². The molecule has 0 rings (SSSR count). The highest BCUT2D eigenvalue weighted by molar-refractivity contribution is 5.71. The molecule has 0 saturated heterocycles. The fourth-order valence-corrected chi connectivity index (χ4v) is 6.84. The van der Waals surface area contributed by atoms with Crippen LogP contribution in [0, 0.1) is 0 Å². The maximum atomic E-state index is 12.8. The molecule has 0 fully saturated rings. The summed E-state index contributed by atoms with van der Waals surface area (Å²) in [6.07, 6.45) is 68.2. The smallest absolute Gasteiger partial charge is 0.306 e. The van der Waals surface area contributed by atoms with Gasteiger partial charge in [0.25, 0.3) is 0 Å². The van der Waals surface area contributed by atoms with E-state index in [2.05, 4.69) is 118 Å². The molecule has 0 aromatic heterocycles. The van der Waals surface area contributed by atoms with E-state index in [0.29, 0.717) is 19.3 Å². The summed E-state index contributed by atoms with van der Waals surface area (Å²) < 4.78 is 16.7. The quantitative estimate of drug-likeness (QED) is 0.0262. The minimum Gasteiger partial charge on any atom is -0.462 e. The third-order valence-corrected chi connectivity index (χ3v) is 10.8. The first-order chi connectivity index (χ1) is 31.5. The predicted molar refractivity (Wildman–Crippen MR) is 274 cm³/mol. The van der Waals surface area contributed by atoms with Crippen molar-refractivity contribution in [1.29, 1.82) is 0 Å². The SMILES string of the molecule is CC/C=C\C/C=C\C/C=C\C/C=C\C/C=C\CCCC(=O)OC(COC(=O)CCCCCCC/C=C\CCCC)COC(=O)CCCCCCCCC/C=C\C/C=C\CCCCCC. The molecule has 1 unspecified atom stereocenters. The molecule has 6 heteroatoms. The molecule has 0 spiro atoms. The maximum absolute atomic E-state index is 12.8. The Labute approximate surface area is 394 Å². The number of hydrogen-bond donors (Lipinski definition) is 0. The normalized spacial score (nSPS) is 12.9. The third-order valence-electron chi connectivity index (χ3n) is 10.8. The first-order valence-electron chi connectivity index (χ1n) is 26.2. The van der Waals surface area contributed by atoms with E-state index in [1.54, 1.807) is 0 Å². The van der Waals surface area contributed by atoms with Crippen molar-refractivity contribution in [3.63, 3.8) is 0 Å². The molecule has 0 aliphatic carbocycles. The average Bonchev–Trinajstić information content (AvgIpc) is 3.29. The van der Waals surface area contributed by atoms with E-state index >= 15 is 0 Å². The van der Waals surface area contributed by atoms with Crippen LogP contribution in [-0.4, -0.2) is 37.2 Å². The van der Waals surface area contributed by atoms with Crippen LogP contribution in [0.1, 0.15) is 233 Å². The van der Waals surface area contributed by atoms with Gasteiger partial charge < -0.3 is 14.2 Å². The fraction of sp³-hybridized carbons (Fsp3) is 0.672. The first-order valence-corrected chi connectivity index (χ1v) is 26.2. The van der Waals surface area contributed by atoms with Gasteiger partial charge in [-0.1, -0.05) is 201 Å². The molecule has 1 atom stereocenters. The molecule has 0 radical (unpaired) electrons. The summed E-state index contributed by atoms with van der Waals surface area (Å²) in [6.45, 7) is 6.40. The molecule has 0 amide bonds. The molecule has 0 aromatic rings. The minimum atomic E-state index is -0.814. The molecule has 0 aromatic carbocycles. The lowest BCUT2D eigenvalue weighted by atomic mass is 10.1. The molecule has 0 heterocycles. The summed E-state index contributed by atoms with van der Waals surface area (Å²) in [6, 6.07) is 0. The zero-order valence-electron chi connectivity index (χ0n) is 41.5. The minimum absolute atomic E-state index is 0.108. The zero-order valence-corrected chi connectivity index (χ0v) is 41.5. The lowest BCUT2D eigenvalue weighted by Crippen LogP contribution is -2.30. The van der Waals surface area contributed by atoms with Gasteiger partial charge in [0.1, 0.15) is 13.2 Å². The van der Waals surface area contributed by atoms with Crippen molar-refractivity contribution in [2.24, 2.45) is 0 Å². The lowest BCUT2D eigenvalue weighted by molar-refractivity contribution is -0.167. The standard InChI is InChI=1S/C58H96O6/c1-4-7-10-13-16-19-22-24-26-28-30-31-33-36-39-42-45-48-51-57(60)63-54-55(53-62-56(59)50-47-44-41-38-35-21-18-15-12-9-6-3)64-58(61)52-49-46-43-40-37-34-32-29-27-25-23-20-17-14-11-8-5-2/h8,11,15,17-20,22,25-28,32,34,40,43,55H,4-7,9-10,12-14,16,21,23-24,29-31,33,35-39,41-42,44-54H2,1-3H3/b11-8-,18-15-,20-17-,22-19-,27-25-,28-26-,34-32-,43-40-. The van der Waals surface area contributed by atoms with E-state index < -0.39 is 6.10 Å². The van der Waals surface area contributed by atoms with Crippen LogP contribution in [0.5, 0.6) is 0 Å². The van der Waals surface area contributed by atoms with Gasteiger partial charge in [-0.25, -0.2) is 0 Å². The number of ether oxygens (including phenoxy) is 3. The largest absolute Gasteiger partial charge is 0.462 e. The Morgan fingerprint density at radius 2 is 0.641 bits per heavy atom. The number of esters is 3. The highest BCUT2D eigenvalue weighted by atomic mass is 16.6. The van der Waals surface area contributed by atoms with Gasteiger partial charge in [-0.05, 0) is 109 Å². The van der Waals surface area contributed by atoms with Crippen LogP contribution in [0.15, 0.2) is 97.2 Å². The zero-order chi connectivity index (χ0) is 46.5. The van der Waals surface area contributed by atoms with Gasteiger partial charge in [0, 0.05) is 19.3 Å². The second kappa shape index (κ2) is 52.0. The van der Waals surface area contributed by atoms with Gasteiger partial charge in [-0.15, -0.1) is 0 Å². The molecule has 64 heavy (non-hydrogen) atoms. The highest BCUT2D eigenvalue weighted by Crippen LogP contribution is 2.13. The second-order valence-corrected chi connectivity index (χ2v) is 17.0. The van der Waals surface area contributed by atoms with Gasteiger partial charge in [0.15, 0.2) is 6.10 Å². The van der Waals surface area contributed by atoms with Crippen molar-refractivity contribution in [1.82, 2.24) is 0 Å². The Morgan fingerprint density at radius 3 is 1.06 bits per heavy atom. The molecule has 0 aliphatic heterocycles. The number of carbonyl (C=O) groups is 3. The van der Waals surface area contributed by atoms with Crippen LogP contribution in [-0.2, 0) is 28.6 Å². The van der Waals surface area contributed by atoms with Crippen LogP contribution in [0.2, 0.25) is 0 Å². The van der Waals surface area contributed by atoms with Crippen molar-refractivity contribution >= 4 is 17.9 Å². The van der Waals surface area contributed by atoms with Gasteiger partial charge in [-0.3, -0.25) is 14.4 Å². The molecule has 364 valence electrons. The van der Waals surface area contributed by atoms with E-state index in [1.807, 2.05) is 0 Å². The molecule has 0 aliphatic rings. The van der Waals surface area contributed by atoms with Crippen LogP contribution >= 0.6 is 0 Å². The van der Waals surface area contributed by atoms with Crippen molar-refractivity contribution < 1.29 is 28.6 Å². The van der Waals surface area contributed by atoms with Gasteiger partial charge in [0.2, 0.25) is 0 Å². The number of rotatable bonds is 46. The summed E-state index contributed by atoms with van der Waals surface area (Å²) in [5.74, 6) is -0.987. The molecule has 6 nitrogen and oxygen atoms in total. The van der Waals surface area contributed by atoms with Crippen LogP contribution < -0.4 is 0 Å². The summed E-state index contributed by atoms with van der Waals surface area (Å²) in [5, 5.41) is 0. The summed E-state index contributed by atoms with van der Waals surface area (Å²) in [7, 11) is 0. The average molecular weight is 889 g/mol. The number of unbranched alkanes of at least 4 members (excludes halogenated alkanes) is 19. The van der Waals surface area contributed by atoms with E-state index in [0.717, 1.165) is 103 Å². The molecule has 0 bridgehead atoms. The van der Waals surface area contributed by atoms with Crippen LogP contribution in [0.3, 0.4) is 0 Å². The Bertz CT molecular complexity index is 1300. The highest BCUT2D eigenvalue weighted by Gasteiger charge is 2.19. The third kappa shape index (κ3) is 49.3. The topological polar surface area (TPSA) is 78.9 Å². The Balaban J connectivity index is 4.48.